The van der Waals surface area contributed by atoms with E-state index in [9.17, 15) is 4.79 Å². The van der Waals surface area contributed by atoms with E-state index >= 15 is 0 Å². The summed E-state index contributed by atoms with van der Waals surface area (Å²) < 4.78 is 5.23. The van der Waals surface area contributed by atoms with Crippen LogP contribution in [0.2, 0.25) is 0 Å². The average molecular weight is 253 g/mol. The molecule has 1 aliphatic rings. The topological polar surface area (TPSA) is 65.4 Å². The van der Waals surface area contributed by atoms with Crippen LogP contribution in [0.25, 0.3) is 0 Å². The van der Waals surface area contributed by atoms with Crippen molar-refractivity contribution >= 4 is 6.09 Å². The molecule has 0 saturated carbocycles. The van der Waals surface area contributed by atoms with Crippen LogP contribution < -0.4 is 5.32 Å². The Hall–Kier alpha value is -1.28. The fourth-order valence-electron chi connectivity index (χ4n) is 2.03. The first-order valence-corrected chi connectivity index (χ1v) is 6.45. The highest BCUT2D eigenvalue weighted by Gasteiger charge is 2.26. The second-order valence-electron chi connectivity index (χ2n) is 5.79. The van der Waals surface area contributed by atoms with E-state index in [1.54, 1.807) is 0 Å². The number of amides is 1. The zero-order valence-electron chi connectivity index (χ0n) is 11.7. The first kappa shape index (κ1) is 14.8. The van der Waals surface area contributed by atoms with Gasteiger partial charge in [0.2, 0.25) is 0 Å². The van der Waals surface area contributed by atoms with E-state index in [0.717, 1.165) is 19.4 Å². The minimum absolute atomic E-state index is 0.0735. The number of carbonyl (C=O) groups excluding carboxylic acids is 1. The van der Waals surface area contributed by atoms with Crippen LogP contribution in [0.5, 0.6) is 0 Å². The summed E-state index contributed by atoms with van der Waals surface area (Å²) in [4.78, 5) is 13.7. The lowest BCUT2D eigenvalue weighted by molar-refractivity contribution is 0.0467. The molecule has 1 heterocycles. The van der Waals surface area contributed by atoms with Gasteiger partial charge in [0.15, 0.2) is 0 Å². The molecule has 0 spiro atoms. The van der Waals surface area contributed by atoms with Crippen LogP contribution in [0.15, 0.2) is 0 Å². The number of likely N-dealkylation sites (tertiary alicyclic amines) is 1. The van der Waals surface area contributed by atoms with Gasteiger partial charge in [-0.1, -0.05) is 0 Å². The predicted octanol–water partition coefficient (Wildman–Crippen LogP) is 1.89. The highest BCUT2D eigenvalue weighted by Crippen LogP contribution is 2.14. The van der Waals surface area contributed by atoms with Crippen molar-refractivity contribution in [2.45, 2.75) is 58.2 Å². The fraction of sp³-hybridized carbons (Fsp3) is 0.846. The maximum Gasteiger partial charge on any atom is 0.407 e. The molecule has 1 rings (SSSR count). The van der Waals surface area contributed by atoms with Crippen molar-refractivity contribution in [3.05, 3.63) is 0 Å². The number of nitrogens with one attached hydrogen (secondary N) is 1. The molecule has 0 bridgehead atoms. The van der Waals surface area contributed by atoms with Crippen molar-refractivity contribution in [3.8, 4) is 6.07 Å². The molecule has 5 nitrogen and oxygen atoms in total. The molecule has 0 aliphatic carbocycles. The van der Waals surface area contributed by atoms with Gasteiger partial charge >= 0.3 is 6.09 Å². The third kappa shape index (κ3) is 4.92. The van der Waals surface area contributed by atoms with E-state index < -0.39 is 5.60 Å². The van der Waals surface area contributed by atoms with Gasteiger partial charge in [-0.15, -0.1) is 0 Å². The van der Waals surface area contributed by atoms with Crippen LogP contribution >= 0.6 is 0 Å². The molecule has 2 atom stereocenters. The number of hydrogen-bond acceptors (Lipinski definition) is 4. The van der Waals surface area contributed by atoms with Crippen LogP contribution in [0, 0.1) is 11.3 Å². The summed E-state index contributed by atoms with van der Waals surface area (Å²) in [5, 5.41) is 11.8. The molecule has 1 aliphatic heterocycles. The Morgan fingerprint density at radius 3 is 2.78 bits per heavy atom. The Morgan fingerprint density at radius 1 is 1.56 bits per heavy atom. The molecule has 5 heteroatoms. The summed E-state index contributed by atoms with van der Waals surface area (Å²) in [6.07, 6.45) is 1.55. The van der Waals surface area contributed by atoms with Gasteiger partial charge in [-0.2, -0.15) is 5.26 Å². The maximum atomic E-state index is 11.7. The lowest BCUT2D eigenvalue weighted by atomic mass is 10.0. The smallest absolute Gasteiger partial charge is 0.407 e. The highest BCUT2D eigenvalue weighted by molar-refractivity contribution is 5.68. The van der Waals surface area contributed by atoms with Crippen molar-refractivity contribution in [1.29, 1.82) is 5.26 Å². The maximum absolute atomic E-state index is 11.7. The zero-order chi connectivity index (χ0) is 13.8. The molecular formula is C13H23N3O2. The van der Waals surface area contributed by atoms with Gasteiger partial charge in [-0.25, -0.2) is 4.79 Å². The van der Waals surface area contributed by atoms with Crippen molar-refractivity contribution < 1.29 is 9.53 Å². The van der Waals surface area contributed by atoms with E-state index in [1.807, 2.05) is 27.7 Å². The summed E-state index contributed by atoms with van der Waals surface area (Å²) in [6.45, 7) is 9.05. The quantitative estimate of drug-likeness (QED) is 0.816. The van der Waals surface area contributed by atoms with Gasteiger partial charge in [0.05, 0.1) is 12.1 Å². The Morgan fingerprint density at radius 2 is 2.22 bits per heavy atom. The molecule has 1 fully saturated rings. The minimum atomic E-state index is -0.474. The number of hydrogen-bond donors (Lipinski definition) is 1. The lowest BCUT2D eigenvalue weighted by Gasteiger charge is -2.34. The van der Waals surface area contributed by atoms with Gasteiger partial charge in [-0.3, -0.25) is 4.90 Å². The normalized spacial score (nSPS) is 22.9. The van der Waals surface area contributed by atoms with Crippen molar-refractivity contribution in [2.75, 3.05) is 13.1 Å². The third-order valence-corrected chi connectivity index (χ3v) is 2.91. The molecule has 0 radical (unpaired) electrons. The van der Waals surface area contributed by atoms with Crippen molar-refractivity contribution in [1.82, 2.24) is 10.2 Å². The average Bonchev–Trinajstić information content (AvgIpc) is 2.25. The van der Waals surface area contributed by atoms with Crippen LogP contribution in [0.4, 0.5) is 4.79 Å². The predicted molar refractivity (Wildman–Crippen MR) is 69.0 cm³/mol. The Bertz CT molecular complexity index is 330. The van der Waals surface area contributed by atoms with Crippen LogP contribution in [-0.2, 0) is 4.74 Å². The Balaban J connectivity index is 2.43. The molecular weight excluding hydrogens is 230 g/mol. The Kier molecular flexibility index (Phi) is 4.97. The summed E-state index contributed by atoms with van der Waals surface area (Å²) in [7, 11) is 0. The van der Waals surface area contributed by atoms with Crippen LogP contribution in [0.3, 0.4) is 0 Å². The molecule has 0 aromatic heterocycles. The summed E-state index contributed by atoms with van der Waals surface area (Å²) in [5.41, 5.74) is -0.474. The second kappa shape index (κ2) is 6.05. The molecule has 0 unspecified atom stereocenters. The third-order valence-electron chi connectivity index (χ3n) is 2.91. The van der Waals surface area contributed by atoms with Crippen molar-refractivity contribution in [2.24, 2.45) is 0 Å². The van der Waals surface area contributed by atoms with Crippen LogP contribution in [-0.4, -0.2) is 41.8 Å². The molecule has 1 amide bonds. The summed E-state index contributed by atoms with van der Waals surface area (Å²) >= 11 is 0. The zero-order valence-corrected chi connectivity index (χ0v) is 11.7. The first-order chi connectivity index (χ1) is 8.31. The van der Waals surface area contributed by atoms with Gasteiger partial charge < -0.3 is 10.1 Å². The number of rotatable bonds is 2. The number of alkyl carbamates (subject to hydrolysis) is 1. The Labute approximate surface area is 109 Å². The number of nitrogens with zero attached hydrogens (tertiary/aromatic N) is 2. The molecule has 102 valence electrons. The minimum Gasteiger partial charge on any atom is -0.444 e. The first-order valence-electron chi connectivity index (χ1n) is 6.45. The SMILES string of the molecule is C[C@@H](C#N)N1CCC[C@H](NC(=O)OC(C)(C)C)C1. The van der Waals surface area contributed by atoms with Gasteiger partial charge in [0.1, 0.15) is 5.60 Å². The molecule has 1 N–H and O–H groups in total. The number of carbonyl (C=O) groups is 1. The summed E-state index contributed by atoms with van der Waals surface area (Å²) in [5.74, 6) is 0. The standard InChI is InChI=1S/C13H23N3O2/c1-10(8-14)16-7-5-6-11(9-16)15-12(17)18-13(2,3)4/h10-11H,5-7,9H2,1-4H3,(H,15,17)/t10-,11-/m0/s1. The molecule has 0 aromatic carbocycles. The van der Waals surface area contributed by atoms with Gasteiger partial charge in [-0.05, 0) is 47.1 Å². The number of nitriles is 1. The summed E-state index contributed by atoms with van der Waals surface area (Å²) in [6, 6.07) is 2.20. The van der Waals surface area contributed by atoms with Crippen LogP contribution in [0.1, 0.15) is 40.5 Å². The van der Waals surface area contributed by atoms with E-state index in [-0.39, 0.29) is 18.2 Å². The second-order valence-corrected chi connectivity index (χ2v) is 5.79. The highest BCUT2D eigenvalue weighted by atomic mass is 16.6. The number of piperidine rings is 1. The van der Waals surface area contributed by atoms with E-state index in [0.29, 0.717) is 6.54 Å². The lowest BCUT2D eigenvalue weighted by Crippen LogP contribution is -2.50. The van der Waals surface area contributed by atoms with Crippen molar-refractivity contribution in [3.63, 3.8) is 0 Å². The largest absolute Gasteiger partial charge is 0.444 e. The monoisotopic (exact) mass is 253 g/mol. The van der Waals surface area contributed by atoms with Gasteiger partial charge in [0, 0.05) is 12.6 Å². The van der Waals surface area contributed by atoms with Gasteiger partial charge in [0.25, 0.3) is 0 Å². The van der Waals surface area contributed by atoms with E-state index in [2.05, 4.69) is 16.3 Å². The molecule has 18 heavy (non-hydrogen) atoms. The molecule has 0 aromatic rings. The fourth-order valence-corrected chi connectivity index (χ4v) is 2.03. The van der Waals surface area contributed by atoms with E-state index in [1.165, 1.54) is 0 Å². The number of ether oxygens (including phenoxy) is 1. The van der Waals surface area contributed by atoms with E-state index in [4.69, 9.17) is 10.00 Å². The molecule has 1 saturated heterocycles.